The molecule has 44 heavy (non-hydrogen) atoms. The van der Waals surface area contributed by atoms with Gasteiger partial charge in [0, 0.05) is 55.2 Å². The molecule has 0 unspecified atom stereocenters. The second-order valence-corrected chi connectivity index (χ2v) is 10.5. The number of nitrogens with one attached hydrogen (secondary N) is 3. The highest BCUT2D eigenvalue weighted by Gasteiger charge is 2.21. The lowest BCUT2D eigenvalue weighted by Crippen LogP contribution is -2.42. The minimum absolute atomic E-state index is 0.0654. The Labute approximate surface area is 257 Å². The van der Waals surface area contributed by atoms with Gasteiger partial charge >= 0.3 is 5.97 Å². The van der Waals surface area contributed by atoms with Crippen molar-refractivity contribution in [2.75, 3.05) is 30.9 Å². The van der Waals surface area contributed by atoms with Gasteiger partial charge in [-0.25, -0.2) is 9.78 Å². The number of methoxy groups -OCH3 is 1. The van der Waals surface area contributed by atoms with E-state index in [2.05, 4.69) is 20.9 Å². The van der Waals surface area contributed by atoms with Crippen molar-refractivity contribution in [1.29, 1.82) is 0 Å². The van der Waals surface area contributed by atoms with Crippen LogP contribution >= 0.6 is 0 Å². The minimum atomic E-state index is -1.17. The highest BCUT2D eigenvalue weighted by Crippen LogP contribution is 2.17. The summed E-state index contributed by atoms with van der Waals surface area (Å²) in [6.45, 7) is 4.78. The first kappa shape index (κ1) is 33.6. The lowest BCUT2D eigenvalue weighted by atomic mass is 10.0. The number of rotatable bonds is 18. The molecule has 0 aliphatic carbocycles. The lowest BCUT2D eigenvalue weighted by Gasteiger charge is -2.16. The molecule has 0 spiro atoms. The summed E-state index contributed by atoms with van der Waals surface area (Å²) in [5, 5.41) is 18.3. The third-order valence-corrected chi connectivity index (χ3v) is 6.71. The molecule has 3 rings (SSSR count). The average molecular weight is 605 g/mol. The normalized spacial score (nSPS) is 11.4. The number of pyridine rings is 1. The molecule has 0 aliphatic heterocycles. The number of carboxylic acids is 1. The molecule has 3 aromatic rings. The van der Waals surface area contributed by atoms with E-state index in [0.29, 0.717) is 43.0 Å². The first-order chi connectivity index (χ1) is 21.1. The highest BCUT2D eigenvalue weighted by atomic mass is 16.5. The number of ether oxygens (including phenoxy) is 2. The number of hydrogen-bond acceptors (Lipinski definition) is 8. The molecule has 0 fully saturated rings. The summed E-state index contributed by atoms with van der Waals surface area (Å²) in [6.07, 6.45) is 3.43. The van der Waals surface area contributed by atoms with E-state index in [9.17, 15) is 24.3 Å². The molecule has 0 bridgehead atoms. The van der Waals surface area contributed by atoms with Gasteiger partial charge < -0.3 is 30.5 Å². The van der Waals surface area contributed by atoms with Gasteiger partial charge in [-0.1, -0.05) is 32.0 Å². The van der Waals surface area contributed by atoms with Gasteiger partial charge in [-0.2, -0.15) is 0 Å². The number of anilines is 2. The van der Waals surface area contributed by atoms with Crippen molar-refractivity contribution < 1.29 is 33.8 Å². The van der Waals surface area contributed by atoms with Crippen LogP contribution in [0.1, 0.15) is 55.5 Å². The van der Waals surface area contributed by atoms with Crippen LogP contribution in [0.3, 0.4) is 0 Å². The number of Topliss-reactive ketones (excluding diaryl/α,β-unsaturated/α-hetero) is 1. The maximum atomic E-state index is 12.9. The lowest BCUT2D eigenvalue weighted by molar-refractivity contribution is -0.139. The zero-order chi connectivity index (χ0) is 31.9. The van der Waals surface area contributed by atoms with Crippen molar-refractivity contribution in [2.45, 2.75) is 52.0 Å². The first-order valence-electron chi connectivity index (χ1n) is 14.6. The number of hydrogen-bond donors (Lipinski definition) is 4. The Morgan fingerprint density at radius 3 is 2.41 bits per heavy atom. The fraction of sp³-hybridized carbons (Fsp3) is 0.364. The van der Waals surface area contributed by atoms with Crippen LogP contribution in [0, 0.1) is 5.92 Å². The summed E-state index contributed by atoms with van der Waals surface area (Å²) in [5.74, 6) is 0.122. The van der Waals surface area contributed by atoms with E-state index in [1.807, 2.05) is 19.9 Å². The van der Waals surface area contributed by atoms with E-state index >= 15 is 0 Å². The molecule has 4 N–H and O–H groups in total. The van der Waals surface area contributed by atoms with Gasteiger partial charge in [0.15, 0.2) is 0 Å². The van der Waals surface area contributed by atoms with Crippen molar-refractivity contribution in [2.24, 2.45) is 5.92 Å². The highest BCUT2D eigenvalue weighted by molar-refractivity contribution is 5.99. The summed E-state index contributed by atoms with van der Waals surface area (Å²) in [5.41, 5.74) is 1.34. The van der Waals surface area contributed by atoms with E-state index in [1.54, 1.807) is 61.8 Å². The molecule has 11 heteroatoms. The third-order valence-electron chi connectivity index (χ3n) is 6.71. The molecule has 0 saturated carbocycles. The molecule has 2 aromatic carbocycles. The SMILES string of the molecule is COc1ccnc(NCCCOc2ccc(C[C@H](NC(=O)c3cccc(NC(=O)CCCC(=O)C(C)C)c3)C(=O)O)cc2)c1. The Morgan fingerprint density at radius 1 is 0.932 bits per heavy atom. The smallest absolute Gasteiger partial charge is 0.326 e. The zero-order valence-corrected chi connectivity index (χ0v) is 25.3. The number of aliphatic carboxylic acids is 1. The fourth-order valence-electron chi connectivity index (χ4n) is 4.19. The summed E-state index contributed by atoms with van der Waals surface area (Å²) < 4.78 is 11.0. The number of amides is 2. The molecule has 0 aliphatic rings. The monoisotopic (exact) mass is 604 g/mol. The summed E-state index contributed by atoms with van der Waals surface area (Å²) in [4.78, 5) is 53.1. The van der Waals surface area contributed by atoms with Crippen molar-refractivity contribution in [1.82, 2.24) is 10.3 Å². The fourth-order valence-corrected chi connectivity index (χ4v) is 4.19. The van der Waals surface area contributed by atoms with Gasteiger partial charge in [-0.05, 0) is 54.8 Å². The predicted octanol–water partition coefficient (Wildman–Crippen LogP) is 4.73. The van der Waals surface area contributed by atoms with Crippen LogP contribution in [0.25, 0.3) is 0 Å². The van der Waals surface area contributed by atoms with Crippen LogP contribution in [0.15, 0.2) is 66.9 Å². The number of aromatic nitrogens is 1. The van der Waals surface area contributed by atoms with Gasteiger partial charge in [-0.15, -0.1) is 0 Å². The molecule has 0 saturated heterocycles. The van der Waals surface area contributed by atoms with E-state index in [0.717, 1.165) is 18.0 Å². The zero-order valence-electron chi connectivity index (χ0n) is 25.3. The Balaban J connectivity index is 1.45. The first-order valence-corrected chi connectivity index (χ1v) is 14.6. The number of carbonyl (C=O) groups is 4. The molecule has 0 radical (unpaired) electrons. The standard InChI is InChI=1S/C33H40N4O7/c1-22(2)29(38)9-5-10-31(39)36-25-8-4-7-24(20-25)32(40)37-28(33(41)42)19-23-11-13-26(14-12-23)44-18-6-16-34-30-21-27(43-3)15-17-35-30/h4,7-8,11-15,17,20-22,28H,5-6,9-10,16,18-19H2,1-3H3,(H,34,35)(H,36,39)(H,37,40)(H,41,42)/t28-/m0/s1. The maximum Gasteiger partial charge on any atom is 0.326 e. The molecule has 1 aromatic heterocycles. The van der Waals surface area contributed by atoms with Gasteiger partial charge in [0.2, 0.25) is 5.91 Å². The summed E-state index contributed by atoms with van der Waals surface area (Å²) in [7, 11) is 1.60. The molecule has 11 nitrogen and oxygen atoms in total. The van der Waals surface area contributed by atoms with E-state index in [4.69, 9.17) is 9.47 Å². The van der Waals surface area contributed by atoms with Crippen LogP contribution in [-0.2, 0) is 20.8 Å². The second kappa shape index (κ2) is 17.3. The topological polar surface area (TPSA) is 156 Å². The Kier molecular flexibility index (Phi) is 13.2. The third kappa shape index (κ3) is 11.4. The van der Waals surface area contributed by atoms with Crippen molar-refractivity contribution in [3.8, 4) is 11.5 Å². The van der Waals surface area contributed by atoms with Crippen molar-refractivity contribution in [3.05, 3.63) is 78.0 Å². The number of nitrogens with zero attached hydrogens (tertiary/aromatic N) is 1. The van der Waals surface area contributed by atoms with Gasteiger partial charge in [-0.3, -0.25) is 14.4 Å². The Bertz CT molecular complexity index is 1410. The summed E-state index contributed by atoms with van der Waals surface area (Å²) >= 11 is 0. The van der Waals surface area contributed by atoms with Gasteiger partial charge in [0.25, 0.3) is 5.91 Å². The number of carbonyl (C=O) groups excluding carboxylic acids is 3. The van der Waals surface area contributed by atoms with Crippen LogP contribution in [0.5, 0.6) is 11.5 Å². The molecular weight excluding hydrogens is 564 g/mol. The molecule has 234 valence electrons. The van der Waals surface area contributed by atoms with Crippen LogP contribution < -0.4 is 25.4 Å². The van der Waals surface area contributed by atoms with Crippen LogP contribution in [0.2, 0.25) is 0 Å². The van der Waals surface area contributed by atoms with E-state index < -0.39 is 17.9 Å². The van der Waals surface area contributed by atoms with Gasteiger partial charge in [0.1, 0.15) is 29.1 Å². The predicted molar refractivity (Wildman–Crippen MR) is 167 cm³/mol. The molecule has 2 amide bonds. The minimum Gasteiger partial charge on any atom is -0.497 e. The van der Waals surface area contributed by atoms with Crippen LogP contribution in [-0.4, -0.2) is 60.0 Å². The van der Waals surface area contributed by atoms with Crippen LogP contribution in [0.4, 0.5) is 11.5 Å². The van der Waals surface area contributed by atoms with Gasteiger partial charge in [0.05, 0.1) is 13.7 Å². The van der Waals surface area contributed by atoms with E-state index in [-0.39, 0.29) is 36.0 Å². The van der Waals surface area contributed by atoms with Crippen molar-refractivity contribution >= 4 is 35.1 Å². The Morgan fingerprint density at radius 2 is 1.70 bits per heavy atom. The molecule has 1 atom stereocenters. The maximum absolute atomic E-state index is 12.9. The quantitative estimate of drug-likeness (QED) is 0.151. The van der Waals surface area contributed by atoms with E-state index in [1.165, 1.54) is 6.07 Å². The summed E-state index contributed by atoms with van der Waals surface area (Å²) in [6, 6.07) is 15.7. The molecular formula is C33H40N4O7. The van der Waals surface area contributed by atoms with Crippen molar-refractivity contribution in [3.63, 3.8) is 0 Å². The Hall–Kier alpha value is -4.93. The molecule has 1 heterocycles. The number of ketones is 1. The second-order valence-electron chi connectivity index (χ2n) is 10.5. The largest absolute Gasteiger partial charge is 0.497 e. The number of benzene rings is 2. The number of carboxylic acid groups (broad SMARTS) is 1. The average Bonchev–Trinajstić information content (AvgIpc) is 3.01.